The third-order valence-corrected chi connectivity index (χ3v) is 7.92. The minimum atomic E-state index is -2.65. The van der Waals surface area contributed by atoms with E-state index in [1.165, 1.54) is 22.3 Å². The second-order valence-electron chi connectivity index (χ2n) is 10.2. The van der Waals surface area contributed by atoms with Crippen molar-refractivity contribution in [2.45, 2.75) is 57.5 Å². The summed E-state index contributed by atoms with van der Waals surface area (Å²) in [4.78, 5) is 24.5. The summed E-state index contributed by atoms with van der Waals surface area (Å²) in [5, 5.41) is 4.76. The summed E-state index contributed by atoms with van der Waals surface area (Å²) in [6, 6.07) is 6.87. The molecule has 0 bridgehead atoms. The number of amides is 2. The van der Waals surface area contributed by atoms with Gasteiger partial charge < -0.3 is 20.1 Å². The highest BCUT2D eigenvalue weighted by Gasteiger charge is 2.37. The molecule has 2 saturated heterocycles. The molecular formula is C27H31F2N5O. The van der Waals surface area contributed by atoms with Crippen LogP contribution in [-0.4, -0.2) is 57.9 Å². The van der Waals surface area contributed by atoms with E-state index < -0.39 is 5.92 Å². The number of hydrogen-bond donors (Lipinski definition) is 2. The van der Waals surface area contributed by atoms with Gasteiger partial charge in [-0.25, -0.2) is 18.6 Å². The molecule has 5 heterocycles. The highest BCUT2D eigenvalue weighted by atomic mass is 19.3. The number of H-pyrrole nitrogens is 1. The number of benzene rings is 1. The van der Waals surface area contributed by atoms with Gasteiger partial charge in [0, 0.05) is 68.4 Å². The maximum absolute atomic E-state index is 13.6. The van der Waals surface area contributed by atoms with Gasteiger partial charge in [0.2, 0.25) is 0 Å². The van der Waals surface area contributed by atoms with Crippen LogP contribution in [0, 0.1) is 6.92 Å². The van der Waals surface area contributed by atoms with E-state index in [4.69, 9.17) is 0 Å². The first-order valence-electron chi connectivity index (χ1n) is 12.6. The fraction of sp³-hybridized carbons (Fsp3) is 0.481. The number of likely N-dealkylation sites (tertiary alicyclic amines) is 1. The Morgan fingerprint density at radius 1 is 1.11 bits per heavy atom. The number of rotatable bonds is 2. The predicted molar refractivity (Wildman–Crippen MR) is 132 cm³/mol. The van der Waals surface area contributed by atoms with Crippen LogP contribution in [0.2, 0.25) is 0 Å². The fourth-order valence-corrected chi connectivity index (χ4v) is 5.81. The van der Waals surface area contributed by atoms with E-state index in [0.717, 1.165) is 48.0 Å². The average molecular weight is 480 g/mol. The Labute approximate surface area is 203 Å². The van der Waals surface area contributed by atoms with Crippen LogP contribution in [0.4, 0.5) is 13.6 Å². The Hall–Kier alpha value is -3.00. The molecule has 0 spiro atoms. The topological polar surface area (TPSA) is 64.3 Å². The van der Waals surface area contributed by atoms with E-state index in [0.29, 0.717) is 13.1 Å². The summed E-state index contributed by atoms with van der Waals surface area (Å²) in [5.41, 5.74) is 8.05. The lowest BCUT2D eigenvalue weighted by Gasteiger charge is -2.38. The highest BCUT2D eigenvalue weighted by Crippen LogP contribution is 2.37. The molecule has 3 aliphatic heterocycles. The van der Waals surface area contributed by atoms with Gasteiger partial charge in [0.25, 0.3) is 5.92 Å². The summed E-state index contributed by atoms with van der Waals surface area (Å²) in [5.74, 6) is -2.65. The number of halogens is 2. The SMILES string of the molecule is Cc1c[nH]c2ncc(-c3cc4c(c([C@@H]5CCCN5)c3)CN(C(=O)N3CCC(F)(F)CC3)CC4)cc12. The first-order valence-corrected chi connectivity index (χ1v) is 12.6. The van der Waals surface area contributed by atoms with Crippen molar-refractivity contribution in [2.75, 3.05) is 26.2 Å². The van der Waals surface area contributed by atoms with Crippen LogP contribution in [0.15, 0.2) is 30.6 Å². The normalized spacial score (nSPS) is 22.0. The number of aromatic amines is 1. The average Bonchev–Trinajstić information content (AvgIpc) is 3.53. The van der Waals surface area contributed by atoms with Gasteiger partial charge in [0.05, 0.1) is 0 Å². The van der Waals surface area contributed by atoms with Crippen LogP contribution in [0.3, 0.4) is 0 Å². The van der Waals surface area contributed by atoms with Crippen LogP contribution in [0.5, 0.6) is 0 Å². The smallest absolute Gasteiger partial charge is 0.320 e. The molecule has 35 heavy (non-hydrogen) atoms. The number of aryl methyl sites for hydroxylation is 1. The lowest BCUT2D eigenvalue weighted by Crippen LogP contribution is -2.50. The van der Waals surface area contributed by atoms with Crippen molar-refractivity contribution in [1.29, 1.82) is 0 Å². The van der Waals surface area contributed by atoms with E-state index in [2.05, 4.69) is 40.4 Å². The van der Waals surface area contributed by atoms with Crippen LogP contribution in [-0.2, 0) is 13.0 Å². The third-order valence-electron chi connectivity index (χ3n) is 7.92. The Morgan fingerprint density at radius 3 is 2.71 bits per heavy atom. The maximum atomic E-state index is 13.6. The molecule has 1 atom stereocenters. The van der Waals surface area contributed by atoms with Gasteiger partial charge in [-0.2, -0.15) is 0 Å². The predicted octanol–water partition coefficient (Wildman–Crippen LogP) is 5.17. The summed E-state index contributed by atoms with van der Waals surface area (Å²) in [6.07, 6.45) is 6.38. The summed E-state index contributed by atoms with van der Waals surface area (Å²) in [7, 11) is 0. The van der Waals surface area contributed by atoms with Gasteiger partial charge in [0.15, 0.2) is 0 Å². The van der Waals surface area contributed by atoms with E-state index >= 15 is 0 Å². The van der Waals surface area contributed by atoms with Gasteiger partial charge in [-0.1, -0.05) is 6.07 Å². The molecule has 2 amide bonds. The number of nitrogens with one attached hydrogen (secondary N) is 2. The molecule has 0 radical (unpaired) electrons. The van der Waals surface area contributed by atoms with Crippen molar-refractivity contribution in [1.82, 2.24) is 25.1 Å². The Balaban J connectivity index is 1.32. The molecular weight excluding hydrogens is 448 g/mol. The minimum Gasteiger partial charge on any atom is -0.346 e. The number of urea groups is 1. The number of aromatic nitrogens is 2. The van der Waals surface area contributed by atoms with Gasteiger partial charge >= 0.3 is 6.03 Å². The molecule has 0 unspecified atom stereocenters. The van der Waals surface area contributed by atoms with E-state index in [1.807, 2.05) is 17.3 Å². The number of hydrogen-bond acceptors (Lipinski definition) is 3. The number of alkyl halides is 2. The number of pyridine rings is 1. The molecule has 6 rings (SSSR count). The van der Waals surface area contributed by atoms with Gasteiger partial charge in [-0.15, -0.1) is 0 Å². The molecule has 0 saturated carbocycles. The Morgan fingerprint density at radius 2 is 1.94 bits per heavy atom. The molecule has 184 valence electrons. The Kier molecular flexibility index (Phi) is 5.51. The minimum absolute atomic E-state index is 0.113. The summed E-state index contributed by atoms with van der Waals surface area (Å²) < 4.78 is 27.2. The number of carbonyl (C=O) groups is 1. The second kappa shape index (κ2) is 8.59. The quantitative estimate of drug-likeness (QED) is 0.533. The zero-order valence-corrected chi connectivity index (χ0v) is 20.0. The third kappa shape index (κ3) is 4.18. The molecule has 1 aromatic carbocycles. The fourth-order valence-electron chi connectivity index (χ4n) is 5.81. The van der Waals surface area contributed by atoms with E-state index in [-0.39, 0.29) is 38.0 Å². The van der Waals surface area contributed by atoms with Crippen LogP contribution >= 0.6 is 0 Å². The monoisotopic (exact) mass is 479 g/mol. The summed E-state index contributed by atoms with van der Waals surface area (Å²) >= 11 is 0. The second-order valence-corrected chi connectivity index (χ2v) is 10.2. The van der Waals surface area contributed by atoms with Crippen molar-refractivity contribution in [3.05, 3.63) is 52.8 Å². The molecule has 8 heteroatoms. The standard InChI is InChI=1S/C27H31F2N5O/c1-17-14-31-25-21(17)13-20(15-32-25)19-11-18-4-8-34(26(35)33-9-5-27(28,29)6-10-33)16-23(18)22(12-19)24-3-2-7-30-24/h11-15,24,30H,2-10,16H2,1H3,(H,31,32)/t24-/m0/s1. The van der Waals surface area contributed by atoms with Gasteiger partial charge in [-0.3, -0.25) is 0 Å². The zero-order chi connectivity index (χ0) is 24.2. The molecule has 2 fully saturated rings. The summed E-state index contributed by atoms with van der Waals surface area (Å²) in [6.45, 7) is 4.46. The van der Waals surface area contributed by atoms with Crippen molar-refractivity contribution in [3.63, 3.8) is 0 Å². The lowest BCUT2D eigenvalue weighted by molar-refractivity contribution is -0.0493. The highest BCUT2D eigenvalue weighted by molar-refractivity contribution is 5.84. The maximum Gasteiger partial charge on any atom is 0.320 e. The first-order chi connectivity index (χ1) is 16.9. The molecule has 3 aromatic rings. The number of piperidine rings is 1. The van der Waals surface area contributed by atoms with Crippen molar-refractivity contribution in [3.8, 4) is 11.1 Å². The lowest BCUT2D eigenvalue weighted by atomic mass is 9.87. The van der Waals surface area contributed by atoms with Crippen molar-refractivity contribution >= 4 is 17.1 Å². The van der Waals surface area contributed by atoms with Gasteiger partial charge in [-0.05, 0) is 72.7 Å². The largest absolute Gasteiger partial charge is 0.346 e. The number of nitrogens with zero attached hydrogens (tertiary/aromatic N) is 3. The molecule has 0 aliphatic carbocycles. The van der Waals surface area contributed by atoms with Crippen LogP contribution in [0.25, 0.3) is 22.2 Å². The first kappa shape index (κ1) is 22.5. The van der Waals surface area contributed by atoms with Crippen LogP contribution in [0.1, 0.15) is 54.0 Å². The Bertz CT molecular complexity index is 1270. The zero-order valence-electron chi connectivity index (χ0n) is 20.0. The molecule has 2 N–H and O–H groups in total. The van der Waals surface area contributed by atoms with Crippen LogP contribution < -0.4 is 5.32 Å². The molecule has 3 aliphatic rings. The molecule has 2 aromatic heterocycles. The van der Waals surface area contributed by atoms with Crippen molar-refractivity contribution in [2.24, 2.45) is 0 Å². The van der Waals surface area contributed by atoms with Gasteiger partial charge in [0.1, 0.15) is 5.65 Å². The van der Waals surface area contributed by atoms with Crippen molar-refractivity contribution < 1.29 is 13.6 Å². The molecule has 6 nitrogen and oxygen atoms in total. The van der Waals surface area contributed by atoms with E-state index in [9.17, 15) is 13.6 Å². The number of carbonyl (C=O) groups excluding carboxylic acids is 1. The van der Waals surface area contributed by atoms with E-state index in [1.54, 1.807) is 4.90 Å². The number of fused-ring (bicyclic) bond motifs is 2.